The van der Waals surface area contributed by atoms with Crippen molar-refractivity contribution >= 4 is 33.1 Å². The van der Waals surface area contributed by atoms with Crippen molar-refractivity contribution in [3.05, 3.63) is 53.1 Å². The third kappa shape index (κ3) is 3.76. The van der Waals surface area contributed by atoms with Gasteiger partial charge in [-0.2, -0.15) is 0 Å². The smallest absolute Gasteiger partial charge is 0.308 e. The van der Waals surface area contributed by atoms with Gasteiger partial charge in [0.25, 0.3) is 0 Å². The molecule has 0 spiro atoms. The minimum atomic E-state index is -3.32. The Kier molecular flexibility index (Phi) is 4.43. The average Bonchev–Trinajstić information content (AvgIpc) is 2.94. The fraction of sp³-hybridized carbons (Fsp3) is 0.278. The molecule has 6 nitrogen and oxygen atoms in total. The molecule has 0 saturated carbocycles. The molecule has 2 aromatic carbocycles. The summed E-state index contributed by atoms with van der Waals surface area (Å²) < 4.78 is 25.1. The first-order chi connectivity index (χ1) is 11.7. The highest BCUT2D eigenvalue weighted by molar-refractivity contribution is 7.92. The number of sulfonamides is 1. The highest BCUT2D eigenvalue weighted by atomic mass is 32.2. The number of carbonyl (C=O) groups is 1. The Bertz CT molecular complexity index is 939. The van der Waals surface area contributed by atoms with E-state index in [-0.39, 0.29) is 6.03 Å². The molecule has 7 heteroatoms. The zero-order valence-electron chi connectivity index (χ0n) is 14.5. The van der Waals surface area contributed by atoms with E-state index in [0.29, 0.717) is 24.3 Å². The quantitative estimate of drug-likeness (QED) is 0.883. The van der Waals surface area contributed by atoms with Gasteiger partial charge in [-0.1, -0.05) is 18.2 Å². The van der Waals surface area contributed by atoms with E-state index in [2.05, 4.69) is 10.6 Å². The van der Waals surface area contributed by atoms with Gasteiger partial charge in [0.2, 0.25) is 10.0 Å². The van der Waals surface area contributed by atoms with Gasteiger partial charge in [-0.05, 0) is 55.2 Å². The summed E-state index contributed by atoms with van der Waals surface area (Å²) in [5.74, 6) is 0. The van der Waals surface area contributed by atoms with E-state index in [4.69, 9.17) is 0 Å². The van der Waals surface area contributed by atoms with Crippen molar-refractivity contribution in [1.29, 1.82) is 0 Å². The largest absolute Gasteiger partial charge is 0.323 e. The maximum atomic E-state index is 12.3. The molecule has 1 heterocycles. The fourth-order valence-corrected chi connectivity index (χ4v) is 3.88. The lowest BCUT2D eigenvalue weighted by molar-refractivity contribution is 0.262. The number of fused-ring (bicyclic) bond motifs is 1. The molecule has 132 valence electrons. The Morgan fingerprint density at radius 3 is 2.56 bits per heavy atom. The minimum Gasteiger partial charge on any atom is -0.308 e. The topological polar surface area (TPSA) is 78.5 Å². The predicted octanol–water partition coefficient (Wildman–Crippen LogP) is 3.27. The van der Waals surface area contributed by atoms with E-state index < -0.39 is 10.0 Å². The molecule has 0 saturated heterocycles. The Balaban J connectivity index is 1.78. The molecule has 0 fully saturated rings. The number of carbonyl (C=O) groups excluding carboxylic acids is 1. The summed E-state index contributed by atoms with van der Waals surface area (Å²) in [6.45, 7) is 4.32. The molecule has 0 atom stereocenters. The highest BCUT2D eigenvalue weighted by Gasteiger charge is 2.26. The van der Waals surface area contributed by atoms with E-state index in [1.807, 2.05) is 38.1 Å². The van der Waals surface area contributed by atoms with Gasteiger partial charge in [-0.15, -0.1) is 0 Å². The van der Waals surface area contributed by atoms with Crippen molar-refractivity contribution in [1.82, 2.24) is 0 Å². The number of anilines is 3. The zero-order chi connectivity index (χ0) is 18.2. The molecule has 2 aromatic rings. The molecule has 0 aromatic heterocycles. The Hall–Kier alpha value is -2.54. The number of benzene rings is 2. The van der Waals surface area contributed by atoms with Crippen molar-refractivity contribution in [2.75, 3.05) is 27.7 Å². The maximum Gasteiger partial charge on any atom is 0.323 e. The van der Waals surface area contributed by atoms with E-state index in [0.717, 1.165) is 22.4 Å². The van der Waals surface area contributed by atoms with Crippen LogP contribution in [0.1, 0.15) is 16.7 Å². The normalized spacial score (nSPS) is 13.5. The van der Waals surface area contributed by atoms with Crippen LogP contribution in [0.4, 0.5) is 21.9 Å². The summed E-state index contributed by atoms with van der Waals surface area (Å²) in [4.78, 5) is 12.3. The van der Waals surface area contributed by atoms with Gasteiger partial charge in [0, 0.05) is 17.9 Å². The molecule has 0 aliphatic carbocycles. The lowest BCUT2D eigenvalue weighted by atomic mass is 10.1. The number of nitrogens with zero attached hydrogens (tertiary/aromatic N) is 1. The predicted molar refractivity (Wildman–Crippen MR) is 101 cm³/mol. The van der Waals surface area contributed by atoms with Crippen molar-refractivity contribution in [2.45, 2.75) is 20.3 Å². The van der Waals surface area contributed by atoms with Crippen LogP contribution in [-0.2, 0) is 16.4 Å². The van der Waals surface area contributed by atoms with Gasteiger partial charge < -0.3 is 10.6 Å². The number of nitrogens with one attached hydrogen (secondary N) is 2. The van der Waals surface area contributed by atoms with Crippen molar-refractivity contribution < 1.29 is 13.2 Å². The van der Waals surface area contributed by atoms with Crippen LogP contribution < -0.4 is 14.9 Å². The molecule has 1 aliphatic heterocycles. The lowest BCUT2D eigenvalue weighted by Crippen LogP contribution is -2.27. The molecule has 1 aliphatic rings. The van der Waals surface area contributed by atoms with Crippen molar-refractivity contribution in [3.8, 4) is 0 Å². The second-order valence-corrected chi connectivity index (χ2v) is 8.23. The Labute approximate surface area is 147 Å². The first-order valence-electron chi connectivity index (χ1n) is 8.00. The van der Waals surface area contributed by atoms with Crippen LogP contribution >= 0.6 is 0 Å². The monoisotopic (exact) mass is 359 g/mol. The second kappa shape index (κ2) is 6.40. The summed E-state index contributed by atoms with van der Waals surface area (Å²) in [7, 11) is -3.32. The third-order valence-corrected chi connectivity index (χ3v) is 5.42. The van der Waals surface area contributed by atoms with Crippen molar-refractivity contribution in [2.24, 2.45) is 0 Å². The van der Waals surface area contributed by atoms with E-state index in [1.165, 1.54) is 10.6 Å². The van der Waals surface area contributed by atoms with Gasteiger partial charge in [0.05, 0.1) is 11.9 Å². The zero-order valence-corrected chi connectivity index (χ0v) is 15.3. The summed E-state index contributed by atoms with van der Waals surface area (Å²) in [6, 6.07) is 10.8. The van der Waals surface area contributed by atoms with Crippen LogP contribution in [0.25, 0.3) is 0 Å². The number of hydrogen-bond acceptors (Lipinski definition) is 3. The van der Waals surface area contributed by atoms with Crippen LogP contribution in [0.15, 0.2) is 36.4 Å². The number of hydrogen-bond donors (Lipinski definition) is 2. The fourth-order valence-electron chi connectivity index (χ4n) is 2.93. The summed E-state index contributed by atoms with van der Waals surface area (Å²) in [6.07, 6.45) is 1.87. The first-order valence-corrected chi connectivity index (χ1v) is 9.85. The number of amides is 2. The molecule has 25 heavy (non-hydrogen) atoms. The summed E-state index contributed by atoms with van der Waals surface area (Å²) in [5.41, 5.74) is 4.92. The molecule has 2 N–H and O–H groups in total. The van der Waals surface area contributed by atoms with Gasteiger partial charge in [-0.25, -0.2) is 13.2 Å². The summed E-state index contributed by atoms with van der Waals surface area (Å²) in [5, 5.41) is 5.59. The molecule has 3 rings (SSSR count). The maximum absolute atomic E-state index is 12.3. The molecule has 0 radical (unpaired) electrons. The van der Waals surface area contributed by atoms with Gasteiger partial charge in [0.15, 0.2) is 0 Å². The number of rotatable bonds is 3. The molecule has 0 unspecified atom stereocenters. The SMILES string of the molecule is Cc1ccc(C)c(NC(=O)Nc2ccc3c(c2)N(S(C)(=O)=O)CC3)c1. The summed E-state index contributed by atoms with van der Waals surface area (Å²) >= 11 is 0. The van der Waals surface area contributed by atoms with E-state index in [9.17, 15) is 13.2 Å². The number of urea groups is 1. The van der Waals surface area contributed by atoms with Crippen LogP contribution in [0, 0.1) is 13.8 Å². The average molecular weight is 359 g/mol. The standard InChI is InChI=1S/C18H21N3O3S/c1-12-4-5-13(2)16(10-12)20-18(22)19-15-7-6-14-8-9-21(17(14)11-15)25(3,23)24/h4-7,10-11H,8-9H2,1-3H3,(H2,19,20,22). The molecular formula is C18H21N3O3S. The lowest BCUT2D eigenvalue weighted by Gasteiger charge is -2.17. The van der Waals surface area contributed by atoms with Crippen LogP contribution in [-0.4, -0.2) is 27.2 Å². The first kappa shape index (κ1) is 17.3. The minimum absolute atomic E-state index is 0.363. The molecular weight excluding hydrogens is 338 g/mol. The Morgan fingerprint density at radius 1 is 1.08 bits per heavy atom. The highest BCUT2D eigenvalue weighted by Crippen LogP contribution is 2.32. The van der Waals surface area contributed by atoms with Gasteiger partial charge in [0.1, 0.15) is 0 Å². The third-order valence-electron chi connectivity index (χ3n) is 4.24. The Morgan fingerprint density at radius 2 is 1.84 bits per heavy atom. The van der Waals surface area contributed by atoms with E-state index in [1.54, 1.807) is 12.1 Å². The second-order valence-electron chi connectivity index (χ2n) is 6.33. The molecule has 0 bridgehead atoms. The number of aryl methyl sites for hydroxylation is 2. The van der Waals surface area contributed by atoms with Gasteiger partial charge >= 0.3 is 6.03 Å². The van der Waals surface area contributed by atoms with Crippen LogP contribution in [0.3, 0.4) is 0 Å². The molecule has 2 amide bonds. The van der Waals surface area contributed by atoms with Crippen LogP contribution in [0.2, 0.25) is 0 Å². The van der Waals surface area contributed by atoms with E-state index >= 15 is 0 Å². The van der Waals surface area contributed by atoms with Crippen LogP contribution in [0.5, 0.6) is 0 Å². The van der Waals surface area contributed by atoms with Gasteiger partial charge in [-0.3, -0.25) is 4.31 Å². The van der Waals surface area contributed by atoms with Crippen molar-refractivity contribution in [3.63, 3.8) is 0 Å².